The Morgan fingerprint density at radius 3 is 2.71 bits per heavy atom. The summed E-state index contributed by atoms with van der Waals surface area (Å²) in [5.74, 6) is 0. The molecule has 3 nitrogen and oxygen atoms in total. The molecule has 0 amide bonds. The van der Waals surface area contributed by atoms with E-state index in [1.165, 1.54) is 64.8 Å². The standard InChI is InChI=1S/C14H29N3/c1-13-6-3-4-9-17(13)10-5-8-16-11-7-14(12-16)15-2/h13-15H,3-12H2,1-2H3. The SMILES string of the molecule is CNC1CCN(CCCN2CCCCC2C)C1. The fraction of sp³-hybridized carbons (Fsp3) is 1.00. The fourth-order valence-electron chi connectivity index (χ4n) is 3.26. The lowest BCUT2D eigenvalue weighted by Gasteiger charge is -2.33. The van der Waals surface area contributed by atoms with Gasteiger partial charge in [-0.1, -0.05) is 6.42 Å². The van der Waals surface area contributed by atoms with Gasteiger partial charge in [0.15, 0.2) is 0 Å². The van der Waals surface area contributed by atoms with Gasteiger partial charge in [-0.05, 0) is 65.8 Å². The molecule has 2 aliphatic heterocycles. The maximum absolute atomic E-state index is 3.39. The van der Waals surface area contributed by atoms with Crippen molar-refractivity contribution < 1.29 is 0 Å². The van der Waals surface area contributed by atoms with Crippen LogP contribution in [0.15, 0.2) is 0 Å². The zero-order chi connectivity index (χ0) is 12.1. The van der Waals surface area contributed by atoms with Crippen LogP contribution in [0.4, 0.5) is 0 Å². The van der Waals surface area contributed by atoms with Crippen molar-refractivity contribution in [2.45, 2.75) is 51.1 Å². The second-order valence-electron chi connectivity index (χ2n) is 5.81. The van der Waals surface area contributed by atoms with Gasteiger partial charge in [-0.2, -0.15) is 0 Å². The van der Waals surface area contributed by atoms with E-state index in [2.05, 4.69) is 29.1 Å². The molecule has 1 N–H and O–H groups in total. The highest BCUT2D eigenvalue weighted by atomic mass is 15.2. The summed E-state index contributed by atoms with van der Waals surface area (Å²) >= 11 is 0. The number of likely N-dealkylation sites (N-methyl/N-ethyl adjacent to an activating group) is 1. The molecule has 2 aliphatic rings. The maximum atomic E-state index is 3.39. The van der Waals surface area contributed by atoms with Gasteiger partial charge in [0.25, 0.3) is 0 Å². The molecule has 2 heterocycles. The van der Waals surface area contributed by atoms with Crippen LogP contribution >= 0.6 is 0 Å². The summed E-state index contributed by atoms with van der Waals surface area (Å²) in [7, 11) is 2.09. The molecular weight excluding hydrogens is 210 g/mol. The zero-order valence-electron chi connectivity index (χ0n) is 11.6. The number of nitrogens with zero attached hydrogens (tertiary/aromatic N) is 2. The Kier molecular flexibility index (Phi) is 5.26. The normalized spacial score (nSPS) is 32.1. The first-order valence-electron chi connectivity index (χ1n) is 7.43. The number of piperidine rings is 1. The van der Waals surface area contributed by atoms with E-state index in [-0.39, 0.29) is 0 Å². The van der Waals surface area contributed by atoms with Crippen LogP contribution in [0.2, 0.25) is 0 Å². The summed E-state index contributed by atoms with van der Waals surface area (Å²) < 4.78 is 0. The van der Waals surface area contributed by atoms with E-state index >= 15 is 0 Å². The lowest BCUT2D eigenvalue weighted by Crippen LogP contribution is -2.39. The molecule has 2 atom stereocenters. The summed E-state index contributed by atoms with van der Waals surface area (Å²) in [6.07, 6.45) is 6.94. The second-order valence-corrected chi connectivity index (χ2v) is 5.81. The van der Waals surface area contributed by atoms with Gasteiger partial charge in [0.1, 0.15) is 0 Å². The number of hydrogen-bond acceptors (Lipinski definition) is 3. The summed E-state index contributed by atoms with van der Waals surface area (Å²) in [6.45, 7) is 8.88. The Bertz CT molecular complexity index is 220. The van der Waals surface area contributed by atoms with E-state index < -0.39 is 0 Å². The third-order valence-corrected chi connectivity index (χ3v) is 4.54. The van der Waals surface area contributed by atoms with Gasteiger partial charge in [0.2, 0.25) is 0 Å². The fourth-order valence-corrected chi connectivity index (χ4v) is 3.26. The minimum absolute atomic E-state index is 0.740. The topological polar surface area (TPSA) is 18.5 Å². The molecule has 100 valence electrons. The highest BCUT2D eigenvalue weighted by Gasteiger charge is 2.21. The maximum Gasteiger partial charge on any atom is 0.0204 e. The first-order valence-corrected chi connectivity index (χ1v) is 7.43. The van der Waals surface area contributed by atoms with Crippen LogP contribution < -0.4 is 5.32 Å². The molecule has 0 aromatic heterocycles. The summed E-state index contributed by atoms with van der Waals surface area (Å²) in [4.78, 5) is 5.31. The van der Waals surface area contributed by atoms with Crippen LogP contribution in [0.5, 0.6) is 0 Å². The third kappa shape index (κ3) is 3.94. The number of nitrogens with one attached hydrogen (secondary N) is 1. The van der Waals surface area contributed by atoms with Crippen molar-refractivity contribution in [2.24, 2.45) is 0 Å². The van der Waals surface area contributed by atoms with Crippen molar-refractivity contribution in [1.29, 1.82) is 0 Å². The average molecular weight is 239 g/mol. The van der Waals surface area contributed by atoms with Crippen molar-refractivity contribution in [2.75, 3.05) is 39.8 Å². The highest BCUT2D eigenvalue weighted by molar-refractivity contribution is 4.80. The largest absolute Gasteiger partial charge is 0.316 e. The van der Waals surface area contributed by atoms with Crippen LogP contribution in [0, 0.1) is 0 Å². The van der Waals surface area contributed by atoms with Crippen LogP contribution in [-0.2, 0) is 0 Å². The van der Waals surface area contributed by atoms with Crippen LogP contribution in [-0.4, -0.2) is 61.7 Å². The first kappa shape index (κ1) is 13.3. The third-order valence-electron chi connectivity index (χ3n) is 4.54. The predicted octanol–water partition coefficient (Wildman–Crippen LogP) is 1.54. The summed E-state index contributed by atoms with van der Waals surface area (Å²) in [5.41, 5.74) is 0. The molecule has 0 aromatic carbocycles. The van der Waals surface area contributed by atoms with E-state index in [1.54, 1.807) is 0 Å². The van der Waals surface area contributed by atoms with E-state index in [4.69, 9.17) is 0 Å². The molecule has 0 radical (unpaired) electrons. The van der Waals surface area contributed by atoms with Crippen LogP contribution in [0.25, 0.3) is 0 Å². The summed E-state index contributed by atoms with van der Waals surface area (Å²) in [5, 5.41) is 3.39. The lowest BCUT2D eigenvalue weighted by atomic mass is 10.0. The molecular formula is C14H29N3. The Labute approximate surface area is 107 Å². The van der Waals surface area contributed by atoms with E-state index in [0.717, 1.165) is 12.1 Å². The molecule has 0 aliphatic carbocycles. The van der Waals surface area contributed by atoms with Gasteiger partial charge >= 0.3 is 0 Å². The molecule has 0 saturated carbocycles. The van der Waals surface area contributed by atoms with E-state index in [0.29, 0.717) is 0 Å². The minimum atomic E-state index is 0.740. The monoisotopic (exact) mass is 239 g/mol. The predicted molar refractivity (Wildman–Crippen MR) is 73.4 cm³/mol. The molecule has 2 fully saturated rings. The van der Waals surface area contributed by atoms with Gasteiger partial charge in [0, 0.05) is 18.6 Å². The molecule has 2 rings (SSSR count). The van der Waals surface area contributed by atoms with Gasteiger partial charge in [0.05, 0.1) is 0 Å². The Balaban J connectivity index is 1.59. The number of rotatable bonds is 5. The van der Waals surface area contributed by atoms with E-state index in [1.807, 2.05) is 0 Å². The lowest BCUT2D eigenvalue weighted by molar-refractivity contribution is 0.152. The van der Waals surface area contributed by atoms with Crippen molar-refractivity contribution in [1.82, 2.24) is 15.1 Å². The molecule has 2 unspecified atom stereocenters. The number of hydrogen-bond donors (Lipinski definition) is 1. The van der Waals surface area contributed by atoms with Gasteiger partial charge in [-0.15, -0.1) is 0 Å². The Morgan fingerprint density at radius 1 is 1.12 bits per heavy atom. The minimum Gasteiger partial charge on any atom is -0.316 e. The molecule has 17 heavy (non-hydrogen) atoms. The van der Waals surface area contributed by atoms with Crippen molar-refractivity contribution in [3.63, 3.8) is 0 Å². The Hall–Kier alpha value is -0.120. The molecule has 0 bridgehead atoms. The molecule has 0 spiro atoms. The van der Waals surface area contributed by atoms with Crippen molar-refractivity contribution in [3.8, 4) is 0 Å². The quantitative estimate of drug-likeness (QED) is 0.785. The molecule has 0 aromatic rings. The molecule has 3 heteroatoms. The second kappa shape index (κ2) is 6.72. The van der Waals surface area contributed by atoms with Gasteiger partial charge < -0.3 is 15.1 Å². The highest BCUT2D eigenvalue weighted by Crippen LogP contribution is 2.17. The van der Waals surface area contributed by atoms with Crippen molar-refractivity contribution in [3.05, 3.63) is 0 Å². The first-order chi connectivity index (χ1) is 8.29. The van der Waals surface area contributed by atoms with Crippen LogP contribution in [0.3, 0.4) is 0 Å². The average Bonchev–Trinajstić information content (AvgIpc) is 2.80. The van der Waals surface area contributed by atoms with Crippen molar-refractivity contribution >= 4 is 0 Å². The van der Waals surface area contributed by atoms with Gasteiger partial charge in [-0.25, -0.2) is 0 Å². The van der Waals surface area contributed by atoms with E-state index in [9.17, 15) is 0 Å². The zero-order valence-corrected chi connectivity index (χ0v) is 11.6. The number of likely N-dealkylation sites (tertiary alicyclic amines) is 2. The van der Waals surface area contributed by atoms with Gasteiger partial charge in [-0.3, -0.25) is 0 Å². The summed E-state index contributed by atoms with van der Waals surface area (Å²) in [6, 6.07) is 1.57. The smallest absolute Gasteiger partial charge is 0.0204 e. The van der Waals surface area contributed by atoms with Crippen LogP contribution in [0.1, 0.15) is 39.0 Å². The molecule has 2 saturated heterocycles. The Morgan fingerprint density at radius 2 is 2.00 bits per heavy atom.